The summed E-state index contributed by atoms with van der Waals surface area (Å²) in [6.07, 6.45) is 3.51. The average molecular weight is 290 g/mol. The Bertz CT molecular complexity index is 536. The number of hydrogen-bond acceptors (Lipinski definition) is 4. The summed E-state index contributed by atoms with van der Waals surface area (Å²) >= 11 is 0. The number of carboxylic acids is 1. The number of rotatable bonds is 3. The number of halogens is 2. The van der Waals surface area contributed by atoms with Crippen molar-refractivity contribution in [2.45, 2.75) is 12.5 Å². The second-order valence-electron chi connectivity index (χ2n) is 3.53. The lowest BCUT2D eigenvalue weighted by molar-refractivity contribution is -0.138. The van der Waals surface area contributed by atoms with E-state index in [4.69, 9.17) is 10.8 Å². The summed E-state index contributed by atoms with van der Waals surface area (Å²) in [5.74, 6) is -1.00. The van der Waals surface area contributed by atoms with Gasteiger partial charge in [0, 0.05) is 12.4 Å². The lowest BCUT2D eigenvalue weighted by atomic mass is 10.1. The number of fused-ring (bicyclic) bond motifs is 1. The molecule has 0 amide bonds. The first kappa shape index (κ1) is 16.6. The molecule has 0 aliphatic heterocycles. The highest BCUT2D eigenvalue weighted by Gasteiger charge is 2.12. The molecule has 1 atom stereocenters. The first-order chi connectivity index (χ1) is 7.66. The molecule has 0 unspecified atom stereocenters. The van der Waals surface area contributed by atoms with Gasteiger partial charge in [-0.15, -0.1) is 24.8 Å². The number of nitrogens with two attached hydrogens (primary N) is 1. The SMILES string of the molecule is Cl.Cl.N[C@@H](Cc1ccc2nccnc2c1)C(=O)O. The smallest absolute Gasteiger partial charge is 0.320 e. The summed E-state index contributed by atoms with van der Waals surface area (Å²) in [5.41, 5.74) is 7.84. The maximum atomic E-state index is 10.6. The third-order valence-electron chi connectivity index (χ3n) is 2.31. The van der Waals surface area contributed by atoms with Gasteiger partial charge in [0.05, 0.1) is 11.0 Å². The molecule has 0 aliphatic rings. The van der Waals surface area contributed by atoms with E-state index < -0.39 is 12.0 Å². The van der Waals surface area contributed by atoms with Gasteiger partial charge in [-0.05, 0) is 24.1 Å². The third kappa shape index (κ3) is 3.80. The van der Waals surface area contributed by atoms with Gasteiger partial charge in [0.25, 0.3) is 0 Å². The van der Waals surface area contributed by atoms with E-state index in [-0.39, 0.29) is 24.8 Å². The molecule has 0 spiro atoms. The van der Waals surface area contributed by atoms with Crippen LogP contribution in [-0.2, 0) is 11.2 Å². The van der Waals surface area contributed by atoms with Crippen molar-refractivity contribution in [2.75, 3.05) is 0 Å². The van der Waals surface area contributed by atoms with Crippen molar-refractivity contribution in [3.8, 4) is 0 Å². The molecule has 1 aromatic carbocycles. The van der Waals surface area contributed by atoms with Crippen LogP contribution >= 0.6 is 24.8 Å². The third-order valence-corrected chi connectivity index (χ3v) is 2.31. The van der Waals surface area contributed by atoms with Gasteiger partial charge >= 0.3 is 5.97 Å². The van der Waals surface area contributed by atoms with Crippen LogP contribution in [0.25, 0.3) is 11.0 Å². The van der Waals surface area contributed by atoms with E-state index in [1.165, 1.54) is 0 Å². The second kappa shape index (κ2) is 7.10. The van der Waals surface area contributed by atoms with E-state index in [9.17, 15) is 4.79 Å². The van der Waals surface area contributed by atoms with Crippen molar-refractivity contribution in [3.63, 3.8) is 0 Å². The number of carboxylic acid groups (broad SMARTS) is 1. The van der Waals surface area contributed by atoms with Gasteiger partial charge in [0.15, 0.2) is 0 Å². The van der Waals surface area contributed by atoms with Crippen molar-refractivity contribution in [3.05, 3.63) is 36.2 Å². The van der Waals surface area contributed by atoms with Gasteiger partial charge < -0.3 is 10.8 Å². The molecule has 1 aromatic heterocycles. The maximum Gasteiger partial charge on any atom is 0.320 e. The molecule has 2 aromatic rings. The molecular formula is C11H13Cl2N3O2. The van der Waals surface area contributed by atoms with Crippen molar-refractivity contribution < 1.29 is 9.90 Å². The predicted molar refractivity (Wildman–Crippen MR) is 73.3 cm³/mol. The van der Waals surface area contributed by atoms with Crippen molar-refractivity contribution >= 4 is 41.8 Å². The highest BCUT2D eigenvalue weighted by atomic mass is 35.5. The van der Waals surface area contributed by atoms with Crippen LogP contribution in [0.3, 0.4) is 0 Å². The molecular weight excluding hydrogens is 277 g/mol. The van der Waals surface area contributed by atoms with E-state index in [0.29, 0.717) is 6.42 Å². The number of hydrogen-bond donors (Lipinski definition) is 2. The summed E-state index contributed by atoms with van der Waals surface area (Å²) in [6, 6.07) is 4.56. The van der Waals surface area contributed by atoms with Gasteiger partial charge in [0.2, 0.25) is 0 Å². The zero-order chi connectivity index (χ0) is 11.5. The Hall–Kier alpha value is -1.43. The Morgan fingerprint density at radius 2 is 1.83 bits per heavy atom. The van der Waals surface area contributed by atoms with Gasteiger partial charge in [0.1, 0.15) is 6.04 Å². The molecule has 0 saturated heterocycles. The lowest BCUT2D eigenvalue weighted by Gasteiger charge is -2.06. The van der Waals surface area contributed by atoms with Crippen molar-refractivity contribution in [1.29, 1.82) is 0 Å². The first-order valence-electron chi connectivity index (χ1n) is 4.85. The minimum Gasteiger partial charge on any atom is -0.480 e. The molecule has 0 aliphatic carbocycles. The standard InChI is InChI=1S/C11H11N3O2.2ClH/c12-8(11(15)16)5-7-1-2-9-10(6-7)14-4-3-13-9;;/h1-4,6,8H,5,12H2,(H,15,16);2*1H/t8-;;/m0../s1. The maximum absolute atomic E-state index is 10.6. The van der Waals surface area contributed by atoms with Crippen LogP contribution in [0.4, 0.5) is 0 Å². The van der Waals surface area contributed by atoms with Crippen LogP contribution in [0, 0.1) is 0 Å². The molecule has 0 fully saturated rings. The Balaban J connectivity index is 0.00000144. The Morgan fingerprint density at radius 1 is 1.22 bits per heavy atom. The number of carbonyl (C=O) groups is 1. The largest absolute Gasteiger partial charge is 0.480 e. The van der Waals surface area contributed by atoms with Gasteiger partial charge in [-0.25, -0.2) is 0 Å². The monoisotopic (exact) mass is 289 g/mol. The summed E-state index contributed by atoms with van der Waals surface area (Å²) in [4.78, 5) is 18.9. The van der Waals surface area contributed by atoms with Crippen LogP contribution in [-0.4, -0.2) is 27.1 Å². The molecule has 2 rings (SSSR count). The van der Waals surface area contributed by atoms with Crippen LogP contribution in [0.15, 0.2) is 30.6 Å². The molecule has 5 nitrogen and oxygen atoms in total. The summed E-state index contributed by atoms with van der Waals surface area (Å²) in [7, 11) is 0. The normalized spacial score (nSPS) is 11.2. The molecule has 1 heterocycles. The van der Waals surface area contributed by atoms with Crippen molar-refractivity contribution in [1.82, 2.24) is 9.97 Å². The topological polar surface area (TPSA) is 89.1 Å². The lowest BCUT2D eigenvalue weighted by Crippen LogP contribution is -2.32. The summed E-state index contributed by atoms with van der Waals surface area (Å²) in [6.45, 7) is 0. The quantitative estimate of drug-likeness (QED) is 0.892. The van der Waals surface area contributed by atoms with Crippen molar-refractivity contribution in [2.24, 2.45) is 5.73 Å². The van der Waals surface area contributed by atoms with Gasteiger partial charge in [-0.3, -0.25) is 14.8 Å². The highest BCUT2D eigenvalue weighted by Crippen LogP contribution is 2.12. The predicted octanol–water partition coefficient (Wildman–Crippen LogP) is 1.43. The Kier molecular flexibility index (Phi) is 6.54. The summed E-state index contributed by atoms with van der Waals surface area (Å²) in [5, 5.41) is 8.70. The zero-order valence-corrected chi connectivity index (χ0v) is 10.9. The Labute approximate surface area is 116 Å². The fraction of sp³-hybridized carbons (Fsp3) is 0.182. The van der Waals surface area contributed by atoms with Crippen LogP contribution in [0.1, 0.15) is 5.56 Å². The molecule has 0 bridgehead atoms. The van der Waals surface area contributed by atoms with Gasteiger partial charge in [-0.2, -0.15) is 0 Å². The molecule has 0 saturated carbocycles. The van der Waals surface area contributed by atoms with E-state index in [1.54, 1.807) is 12.4 Å². The van der Waals surface area contributed by atoms with E-state index in [2.05, 4.69) is 9.97 Å². The number of aliphatic carboxylic acids is 1. The first-order valence-corrected chi connectivity index (χ1v) is 4.85. The second-order valence-corrected chi connectivity index (χ2v) is 3.53. The fourth-order valence-electron chi connectivity index (χ4n) is 1.48. The zero-order valence-electron chi connectivity index (χ0n) is 9.31. The number of nitrogens with zero attached hydrogens (tertiary/aromatic N) is 2. The number of aromatic nitrogens is 2. The van der Waals surface area contributed by atoms with E-state index in [0.717, 1.165) is 16.6 Å². The molecule has 7 heteroatoms. The van der Waals surface area contributed by atoms with Gasteiger partial charge in [-0.1, -0.05) is 6.07 Å². The average Bonchev–Trinajstić information content (AvgIpc) is 2.28. The molecule has 3 N–H and O–H groups in total. The summed E-state index contributed by atoms with van der Waals surface area (Å²) < 4.78 is 0. The minimum absolute atomic E-state index is 0. The molecule has 98 valence electrons. The van der Waals surface area contributed by atoms with E-state index in [1.807, 2.05) is 18.2 Å². The van der Waals surface area contributed by atoms with Crippen LogP contribution in [0.2, 0.25) is 0 Å². The number of benzene rings is 1. The fourth-order valence-corrected chi connectivity index (χ4v) is 1.48. The van der Waals surface area contributed by atoms with Crippen LogP contribution in [0.5, 0.6) is 0 Å². The highest BCUT2D eigenvalue weighted by molar-refractivity contribution is 5.85. The van der Waals surface area contributed by atoms with E-state index >= 15 is 0 Å². The van der Waals surface area contributed by atoms with Crippen LogP contribution < -0.4 is 5.73 Å². The Morgan fingerprint density at radius 3 is 2.44 bits per heavy atom. The molecule has 18 heavy (non-hydrogen) atoms. The molecule has 0 radical (unpaired) electrons. The minimum atomic E-state index is -1.00.